The van der Waals surface area contributed by atoms with Gasteiger partial charge in [0.15, 0.2) is 0 Å². The van der Waals surface area contributed by atoms with E-state index in [1.165, 1.54) is 121 Å². The van der Waals surface area contributed by atoms with Crippen LogP contribution in [0, 0.1) is 0 Å². The summed E-state index contributed by atoms with van der Waals surface area (Å²) in [6, 6.07) is 66.2. The Labute approximate surface area is 368 Å². The van der Waals surface area contributed by atoms with Crippen molar-refractivity contribution in [3.05, 3.63) is 193 Å². The molecule has 308 valence electrons. The van der Waals surface area contributed by atoms with Crippen molar-refractivity contribution in [3.63, 3.8) is 0 Å². The van der Waals surface area contributed by atoms with Crippen LogP contribution in [-0.4, -0.2) is 4.57 Å². The van der Waals surface area contributed by atoms with Gasteiger partial charge in [-0.25, -0.2) is 0 Å². The maximum atomic E-state index is 2.55. The highest BCUT2D eigenvalue weighted by Gasteiger charge is 2.27. The van der Waals surface area contributed by atoms with Crippen molar-refractivity contribution < 1.29 is 0 Å². The van der Waals surface area contributed by atoms with Crippen LogP contribution in [0.4, 0.5) is 17.1 Å². The molecule has 8 aromatic carbocycles. The van der Waals surface area contributed by atoms with Gasteiger partial charge in [0.2, 0.25) is 0 Å². The Balaban J connectivity index is 1.19. The Kier molecular flexibility index (Phi) is 10.1. The number of rotatable bonds is 7. The van der Waals surface area contributed by atoms with Gasteiger partial charge in [-0.2, -0.15) is 0 Å². The molecule has 1 fully saturated rings. The summed E-state index contributed by atoms with van der Waals surface area (Å²) in [4.78, 5) is 2.55. The number of hydrogen-bond acceptors (Lipinski definition) is 1. The average Bonchev–Trinajstić information content (AvgIpc) is 3.63. The van der Waals surface area contributed by atoms with E-state index in [0.29, 0.717) is 5.92 Å². The molecule has 0 radical (unpaired) electrons. The van der Waals surface area contributed by atoms with E-state index in [0.717, 1.165) is 5.69 Å². The van der Waals surface area contributed by atoms with Crippen LogP contribution in [-0.2, 0) is 10.8 Å². The van der Waals surface area contributed by atoms with Gasteiger partial charge in [-0.3, -0.25) is 0 Å². The summed E-state index contributed by atoms with van der Waals surface area (Å²) in [6.45, 7) is 14.0. The molecule has 0 aliphatic heterocycles. The van der Waals surface area contributed by atoms with Crippen LogP contribution in [0.15, 0.2) is 176 Å². The lowest BCUT2D eigenvalue weighted by Gasteiger charge is -2.33. The van der Waals surface area contributed by atoms with Crippen LogP contribution < -0.4 is 4.90 Å². The van der Waals surface area contributed by atoms with Crippen molar-refractivity contribution in [2.45, 2.75) is 90.4 Å². The summed E-state index contributed by atoms with van der Waals surface area (Å²) in [6.07, 6.45) is 6.50. The molecule has 62 heavy (non-hydrogen) atoms. The fourth-order valence-corrected chi connectivity index (χ4v) is 10.1. The van der Waals surface area contributed by atoms with Crippen molar-refractivity contribution in [2.24, 2.45) is 0 Å². The molecule has 1 aliphatic rings. The lowest BCUT2D eigenvalue weighted by Crippen LogP contribution is -2.19. The van der Waals surface area contributed by atoms with E-state index in [2.05, 4.69) is 227 Å². The van der Waals surface area contributed by atoms with Crippen LogP contribution in [0.5, 0.6) is 0 Å². The standard InChI is InChI=1S/C60H58N2/c1-59(2,3)45-38-46(60(4,5)6)40-49(39-45)61(55-32-15-13-28-51(55)53-31-19-23-42-22-18-30-50(58(42)53)41-20-9-7-10-21-41)48-27-17-24-43(36-48)44-34-35-57-54(37-44)52-29-14-16-33-56(52)62(57)47-25-11-8-12-26-47/h8,11-19,22-41H,7,9-10,20-21H2,1-6H3. The van der Waals surface area contributed by atoms with Crippen LogP contribution >= 0.6 is 0 Å². The number of hydrogen-bond donors (Lipinski definition) is 0. The van der Waals surface area contributed by atoms with Crippen LogP contribution in [0.3, 0.4) is 0 Å². The summed E-state index contributed by atoms with van der Waals surface area (Å²) in [5.74, 6) is 0.588. The SMILES string of the molecule is CC(C)(C)c1cc(N(c2cccc(-c3ccc4c(c3)c3ccccc3n4-c3ccccc3)c2)c2ccccc2-c2cccc3cccc(C4CCCCC4)c23)cc(C(C)(C)C)c1. The smallest absolute Gasteiger partial charge is 0.0541 e. The van der Waals surface area contributed by atoms with Crippen molar-refractivity contribution in [1.29, 1.82) is 0 Å². The summed E-state index contributed by atoms with van der Waals surface area (Å²) < 4.78 is 2.39. The molecule has 1 saturated carbocycles. The zero-order valence-electron chi connectivity index (χ0n) is 37.3. The first-order valence-electron chi connectivity index (χ1n) is 22.8. The molecular weight excluding hydrogens is 749 g/mol. The number of anilines is 3. The molecule has 0 N–H and O–H groups in total. The molecule has 1 aliphatic carbocycles. The van der Waals surface area contributed by atoms with Crippen molar-refractivity contribution in [1.82, 2.24) is 4.57 Å². The fraction of sp³-hybridized carbons (Fsp3) is 0.233. The Morgan fingerprint density at radius 3 is 1.85 bits per heavy atom. The molecule has 0 bridgehead atoms. The van der Waals surface area contributed by atoms with Gasteiger partial charge in [0.1, 0.15) is 0 Å². The van der Waals surface area contributed by atoms with Crippen LogP contribution in [0.2, 0.25) is 0 Å². The van der Waals surface area contributed by atoms with Gasteiger partial charge in [0.25, 0.3) is 0 Å². The molecule has 2 nitrogen and oxygen atoms in total. The molecule has 10 rings (SSSR count). The van der Waals surface area contributed by atoms with Crippen molar-refractivity contribution in [3.8, 4) is 27.9 Å². The molecule has 0 saturated heterocycles. The van der Waals surface area contributed by atoms with Gasteiger partial charge in [-0.1, -0.05) is 176 Å². The summed E-state index contributed by atoms with van der Waals surface area (Å²) in [7, 11) is 0. The normalized spacial score (nSPS) is 13.9. The number of nitrogens with zero attached hydrogens (tertiary/aromatic N) is 2. The number of fused-ring (bicyclic) bond motifs is 4. The van der Waals surface area contributed by atoms with E-state index in [9.17, 15) is 0 Å². The lowest BCUT2D eigenvalue weighted by molar-refractivity contribution is 0.445. The zero-order valence-corrected chi connectivity index (χ0v) is 37.3. The number of para-hydroxylation sites is 3. The van der Waals surface area contributed by atoms with Crippen LogP contribution in [0.1, 0.15) is 96.3 Å². The largest absolute Gasteiger partial charge is 0.310 e. The van der Waals surface area contributed by atoms with E-state index >= 15 is 0 Å². The minimum absolute atomic E-state index is 0.0398. The monoisotopic (exact) mass is 806 g/mol. The van der Waals surface area contributed by atoms with E-state index in [-0.39, 0.29) is 10.8 Å². The van der Waals surface area contributed by atoms with E-state index in [4.69, 9.17) is 0 Å². The third kappa shape index (κ3) is 7.30. The molecule has 0 spiro atoms. The second-order valence-electron chi connectivity index (χ2n) is 19.7. The minimum atomic E-state index is -0.0398. The van der Waals surface area contributed by atoms with E-state index in [1.807, 2.05) is 0 Å². The number of benzene rings is 8. The predicted octanol–water partition coefficient (Wildman–Crippen LogP) is 17.4. The van der Waals surface area contributed by atoms with Gasteiger partial charge < -0.3 is 9.47 Å². The van der Waals surface area contributed by atoms with Crippen molar-refractivity contribution >= 4 is 49.6 Å². The number of aromatic nitrogens is 1. The molecule has 9 aromatic rings. The lowest BCUT2D eigenvalue weighted by atomic mass is 9.80. The highest BCUT2D eigenvalue weighted by Crippen LogP contribution is 2.48. The molecule has 0 amide bonds. The maximum Gasteiger partial charge on any atom is 0.0541 e. The Morgan fingerprint density at radius 2 is 1.10 bits per heavy atom. The first kappa shape index (κ1) is 39.7. The van der Waals surface area contributed by atoms with Gasteiger partial charge >= 0.3 is 0 Å². The van der Waals surface area contributed by atoms with E-state index < -0.39 is 0 Å². The van der Waals surface area contributed by atoms with Gasteiger partial charge in [-0.05, 0) is 134 Å². The first-order chi connectivity index (χ1) is 30.0. The Hall–Kier alpha value is -6.38. The van der Waals surface area contributed by atoms with Gasteiger partial charge in [0.05, 0.1) is 16.7 Å². The highest BCUT2D eigenvalue weighted by atomic mass is 15.1. The second-order valence-corrected chi connectivity index (χ2v) is 19.7. The van der Waals surface area contributed by atoms with Gasteiger partial charge in [0, 0.05) is 33.4 Å². The summed E-state index contributed by atoms with van der Waals surface area (Å²) >= 11 is 0. The third-order valence-corrected chi connectivity index (χ3v) is 13.4. The molecule has 0 unspecified atom stereocenters. The van der Waals surface area contributed by atoms with Crippen molar-refractivity contribution in [2.75, 3.05) is 4.90 Å². The predicted molar refractivity (Wildman–Crippen MR) is 267 cm³/mol. The Morgan fingerprint density at radius 1 is 0.468 bits per heavy atom. The first-order valence-corrected chi connectivity index (χ1v) is 22.8. The molecule has 0 atom stereocenters. The summed E-state index contributed by atoms with van der Waals surface area (Å²) in [5.41, 5.74) is 16.2. The molecular formula is C60H58N2. The summed E-state index contributed by atoms with van der Waals surface area (Å²) in [5, 5.41) is 5.25. The quantitative estimate of drug-likeness (QED) is 0.156. The molecule has 2 heteroatoms. The van der Waals surface area contributed by atoms with Crippen LogP contribution in [0.25, 0.3) is 60.5 Å². The minimum Gasteiger partial charge on any atom is -0.310 e. The third-order valence-electron chi connectivity index (χ3n) is 13.4. The van der Waals surface area contributed by atoms with E-state index in [1.54, 1.807) is 0 Å². The average molecular weight is 807 g/mol. The highest BCUT2D eigenvalue weighted by molar-refractivity contribution is 6.10. The molecule has 1 aromatic heterocycles. The Bertz CT molecular complexity index is 3040. The second kappa shape index (κ2) is 15.8. The molecule has 1 heterocycles. The van der Waals surface area contributed by atoms with Gasteiger partial charge in [-0.15, -0.1) is 0 Å². The fourth-order valence-electron chi connectivity index (χ4n) is 10.1. The maximum absolute atomic E-state index is 2.55. The topological polar surface area (TPSA) is 8.17 Å². The zero-order chi connectivity index (χ0) is 42.6.